The lowest BCUT2D eigenvalue weighted by Gasteiger charge is -2.29. The molecule has 1 heterocycles. The maximum absolute atomic E-state index is 2.66. The van der Waals surface area contributed by atoms with Gasteiger partial charge >= 0.3 is 0 Å². The van der Waals surface area contributed by atoms with Gasteiger partial charge in [-0.15, -0.1) is 0 Å². The summed E-state index contributed by atoms with van der Waals surface area (Å²) in [5.41, 5.74) is 1.50. The summed E-state index contributed by atoms with van der Waals surface area (Å²) < 4.78 is 0. The Labute approximate surface area is 118 Å². The van der Waals surface area contributed by atoms with E-state index in [4.69, 9.17) is 0 Å². The average molecular weight is 257 g/mol. The lowest BCUT2D eigenvalue weighted by Crippen LogP contribution is -2.30. The van der Waals surface area contributed by atoms with Gasteiger partial charge in [-0.2, -0.15) is 0 Å². The van der Waals surface area contributed by atoms with Gasteiger partial charge in [-0.25, -0.2) is 0 Å². The van der Waals surface area contributed by atoms with Crippen LogP contribution in [-0.2, 0) is 6.42 Å². The number of aryl methyl sites for hydroxylation is 1. The van der Waals surface area contributed by atoms with Crippen molar-refractivity contribution in [3.63, 3.8) is 0 Å². The lowest BCUT2D eigenvalue weighted by atomic mass is 9.77. The van der Waals surface area contributed by atoms with E-state index in [-0.39, 0.29) is 0 Å². The Morgan fingerprint density at radius 3 is 2.74 bits per heavy atom. The Bertz CT molecular complexity index is 386. The summed E-state index contributed by atoms with van der Waals surface area (Å²) >= 11 is 0. The first-order valence-electron chi connectivity index (χ1n) is 8.09. The second-order valence-corrected chi connectivity index (χ2v) is 6.59. The molecule has 1 aliphatic carbocycles. The Morgan fingerprint density at radius 2 is 1.89 bits per heavy atom. The van der Waals surface area contributed by atoms with Gasteiger partial charge in [0.15, 0.2) is 0 Å². The highest BCUT2D eigenvalue weighted by atomic mass is 15.2. The maximum Gasteiger partial charge on any atom is 0.0124 e. The van der Waals surface area contributed by atoms with Crippen LogP contribution in [0.1, 0.15) is 44.1 Å². The Kier molecular flexibility index (Phi) is 4.22. The van der Waals surface area contributed by atoms with Gasteiger partial charge in [0.1, 0.15) is 0 Å². The minimum absolute atomic E-state index is 0.869. The van der Waals surface area contributed by atoms with Crippen molar-refractivity contribution in [2.75, 3.05) is 13.6 Å². The molecule has 104 valence electrons. The van der Waals surface area contributed by atoms with Crippen LogP contribution in [-0.4, -0.2) is 24.5 Å². The van der Waals surface area contributed by atoms with Gasteiger partial charge in [-0.3, -0.25) is 0 Å². The molecule has 0 bridgehead atoms. The van der Waals surface area contributed by atoms with Gasteiger partial charge in [-0.05, 0) is 56.6 Å². The van der Waals surface area contributed by atoms with Crippen LogP contribution in [0.4, 0.5) is 0 Å². The number of likely N-dealkylation sites (tertiary alicyclic amines) is 1. The first-order chi connectivity index (χ1) is 9.34. The van der Waals surface area contributed by atoms with Crippen molar-refractivity contribution in [3.8, 4) is 0 Å². The number of hydrogen-bond donors (Lipinski definition) is 0. The van der Waals surface area contributed by atoms with Gasteiger partial charge in [0.05, 0.1) is 0 Å². The fourth-order valence-electron chi connectivity index (χ4n) is 4.40. The predicted molar refractivity (Wildman–Crippen MR) is 81.2 cm³/mol. The highest BCUT2D eigenvalue weighted by molar-refractivity contribution is 5.14. The van der Waals surface area contributed by atoms with Gasteiger partial charge < -0.3 is 4.90 Å². The second-order valence-electron chi connectivity index (χ2n) is 6.59. The van der Waals surface area contributed by atoms with E-state index in [1.807, 2.05) is 0 Å². The van der Waals surface area contributed by atoms with Gasteiger partial charge in [0.25, 0.3) is 0 Å². The van der Waals surface area contributed by atoms with E-state index in [0.29, 0.717) is 0 Å². The predicted octanol–water partition coefficient (Wildman–Crippen LogP) is 4.13. The average Bonchev–Trinajstić information content (AvgIpc) is 2.76. The maximum atomic E-state index is 2.66. The molecule has 0 aromatic heterocycles. The summed E-state index contributed by atoms with van der Waals surface area (Å²) in [5.74, 6) is 2.02. The smallest absolute Gasteiger partial charge is 0.0124 e. The number of fused-ring (bicyclic) bond motifs is 1. The Balaban J connectivity index is 1.51. The summed E-state index contributed by atoms with van der Waals surface area (Å²) in [6.07, 6.45) is 9.93. The molecule has 0 amide bonds. The molecule has 1 nitrogen and oxygen atoms in total. The van der Waals surface area contributed by atoms with Crippen molar-refractivity contribution in [2.45, 2.75) is 51.0 Å². The van der Waals surface area contributed by atoms with Gasteiger partial charge in [0.2, 0.25) is 0 Å². The van der Waals surface area contributed by atoms with Gasteiger partial charge in [-0.1, -0.05) is 43.2 Å². The van der Waals surface area contributed by atoms with E-state index in [0.717, 1.165) is 17.9 Å². The minimum Gasteiger partial charge on any atom is -0.303 e. The molecule has 3 rings (SSSR count). The summed E-state index contributed by atoms with van der Waals surface area (Å²) in [7, 11) is 2.35. The van der Waals surface area contributed by atoms with E-state index >= 15 is 0 Å². The van der Waals surface area contributed by atoms with Crippen LogP contribution in [0, 0.1) is 11.8 Å². The molecule has 0 N–H and O–H groups in total. The molecule has 3 atom stereocenters. The molecule has 1 saturated carbocycles. The topological polar surface area (TPSA) is 3.24 Å². The van der Waals surface area contributed by atoms with Crippen molar-refractivity contribution in [2.24, 2.45) is 11.8 Å². The number of nitrogens with zero attached hydrogens (tertiary/aromatic N) is 1. The zero-order chi connectivity index (χ0) is 13.1. The molecule has 0 spiro atoms. The largest absolute Gasteiger partial charge is 0.303 e. The zero-order valence-corrected chi connectivity index (χ0v) is 12.2. The number of rotatable bonds is 4. The first-order valence-corrected chi connectivity index (χ1v) is 8.09. The fourth-order valence-corrected chi connectivity index (χ4v) is 4.40. The lowest BCUT2D eigenvalue weighted by molar-refractivity contribution is 0.221. The zero-order valence-electron chi connectivity index (χ0n) is 12.2. The highest BCUT2D eigenvalue weighted by Crippen LogP contribution is 2.41. The van der Waals surface area contributed by atoms with Gasteiger partial charge in [0, 0.05) is 12.6 Å². The third-order valence-electron chi connectivity index (χ3n) is 5.36. The second kappa shape index (κ2) is 6.09. The monoisotopic (exact) mass is 257 g/mol. The van der Waals surface area contributed by atoms with Crippen LogP contribution in [0.15, 0.2) is 30.3 Å². The number of benzene rings is 1. The standard InChI is InChI=1S/C18H27N/c1-19-14-16-11-5-6-12-17(16)18(19)13-7-10-15-8-3-2-4-9-15/h2-4,8-9,16-18H,5-7,10-14H2,1H3/t16-,17+,18?/m0/s1. The molecule has 1 heteroatoms. The molecule has 2 aliphatic rings. The highest BCUT2D eigenvalue weighted by Gasteiger charge is 2.40. The summed E-state index contributed by atoms with van der Waals surface area (Å²) in [6.45, 7) is 1.36. The molecule has 19 heavy (non-hydrogen) atoms. The summed E-state index contributed by atoms with van der Waals surface area (Å²) in [4.78, 5) is 2.66. The van der Waals surface area contributed by atoms with E-state index in [1.54, 1.807) is 0 Å². The number of hydrogen-bond acceptors (Lipinski definition) is 1. The normalized spacial score (nSPS) is 31.3. The third-order valence-corrected chi connectivity index (χ3v) is 5.36. The molecule has 1 aromatic carbocycles. The molecule has 1 saturated heterocycles. The van der Waals surface area contributed by atoms with Crippen molar-refractivity contribution in [1.82, 2.24) is 4.90 Å². The van der Waals surface area contributed by atoms with Crippen LogP contribution in [0.3, 0.4) is 0 Å². The van der Waals surface area contributed by atoms with E-state index in [2.05, 4.69) is 42.3 Å². The molecule has 1 unspecified atom stereocenters. The molecule has 0 radical (unpaired) electrons. The third kappa shape index (κ3) is 3.02. The van der Waals surface area contributed by atoms with Crippen molar-refractivity contribution in [3.05, 3.63) is 35.9 Å². The van der Waals surface area contributed by atoms with E-state index in [9.17, 15) is 0 Å². The Hall–Kier alpha value is -0.820. The Morgan fingerprint density at radius 1 is 1.11 bits per heavy atom. The van der Waals surface area contributed by atoms with Crippen molar-refractivity contribution in [1.29, 1.82) is 0 Å². The van der Waals surface area contributed by atoms with Crippen molar-refractivity contribution < 1.29 is 0 Å². The first kappa shape index (κ1) is 13.2. The van der Waals surface area contributed by atoms with Crippen LogP contribution in [0.25, 0.3) is 0 Å². The summed E-state index contributed by atoms with van der Waals surface area (Å²) in [5, 5.41) is 0. The minimum atomic E-state index is 0.869. The van der Waals surface area contributed by atoms with Crippen LogP contribution in [0.5, 0.6) is 0 Å². The van der Waals surface area contributed by atoms with Crippen LogP contribution >= 0.6 is 0 Å². The van der Waals surface area contributed by atoms with Crippen LogP contribution < -0.4 is 0 Å². The SMILES string of the molecule is CN1C[C@@H]2CCCC[C@H]2C1CCCc1ccccc1. The fraction of sp³-hybridized carbons (Fsp3) is 0.667. The van der Waals surface area contributed by atoms with E-state index < -0.39 is 0 Å². The molecular formula is C18H27N. The quantitative estimate of drug-likeness (QED) is 0.784. The molecule has 1 aliphatic heterocycles. The molecule has 2 fully saturated rings. The molecule has 1 aromatic rings. The van der Waals surface area contributed by atoms with E-state index in [1.165, 1.54) is 57.1 Å². The van der Waals surface area contributed by atoms with Crippen LogP contribution in [0.2, 0.25) is 0 Å². The molecular weight excluding hydrogens is 230 g/mol. The van der Waals surface area contributed by atoms with Crippen molar-refractivity contribution >= 4 is 0 Å². The summed E-state index contributed by atoms with van der Waals surface area (Å²) in [6, 6.07) is 11.8.